The van der Waals surface area contributed by atoms with Gasteiger partial charge in [0, 0.05) is 33.6 Å². The van der Waals surface area contributed by atoms with Crippen molar-refractivity contribution < 1.29 is 26.7 Å². The molecule has 5 rings (SSSR count). The molecule has 13 nitrogen and oxygen atoms in total. The number of carbonyl (C=O) groups is 3. The van der Waals surface area contributed by atoms with Gasteiger partial charge in [-0.1, -0.05) is 13.0 Å². The molecule has 43 heavy (non-hydrogen) atoms. The van der Waals surface area contributed by atoms with Gasteiger partial charge in [-0.15, -0.1) is 0 Å². The number of H-pyrrole nitrogens is 1. The van der Waals surface area contributed by atoms with Gasteiger partial charge in [0.15, 0.2) is 5.82 Å². The number of esters is 1. The molecule has 1 saturated heterocycles. The van der Waals surface area contributed by atoms with E-state index in [-0.39, 0.29) is 57.1 Å². The lowest BCUT2D eigenvalue weighted by Gasteiger charge is -2.15. The number of nitrogens with one attached hydrogen (secondary N) is 3. The van der Waals surface area contributed by atoms with Crippen LogP contribution < -0.4 is 26.5 Å². The first-order chi connectivity index (χ1) is 20.7. The fourth-order valence-corrected chi connectivity index (χ4v) is 5.72. The third kappa shape index (κ3) is 6.17. The molecule has 2 unspecified atom stereocenters. The largest absolute Gasteiger partial charge is 0.462 e. The predicted molar refractivity (Wildman–Crippen MR) is 164 cm³/mol. The number of pyridine rings is 1. The number of aryl methyl sites for hydroxylation is 1. The molecule has 3 N–H and O–H groups in total. The van der Waals surface area contributed by atoms with Crippen LogP contribution >= 0.6 is 0 Å². The van der Waals surface area contributed by atoms with Crippen LogP contribution in [-0.2, 0) is 33.7 Å². The summed E-state index contributed by atoms with van der Waals surface area (Å²) in [6.07, 6.45) is 4.46. The SMILES string of the molecule is CCOC(=O)c1cn(CC)c2c3c(ccc2c1=O)CC(CNCCC1CN(c2c[nH]c(=O)c(NC(=O)CC)n2)C(=O)O1)C3.[HH].[HH]. The number of cyclic esters (lactones) is 1. The zero-order chi connectivity index (χ0) is 30.7. The third-order valence-corrected chi connectivity index (χ3v) is 7.86. The van der Waals surface area contributed by atoms with E-state index in [4.69, 9.17) is 9.47 Å². The first-order valence-corrected chi connectivity index (χ1v) is 14.7. The second-order valence-electron chi connectivity index (χ2n) is 10.7. The Morgan fingerprint density at radius 1 is 1.19 bits per heavy atom. The average molecular weight is 597 g/mol. The highest BCUT2D eigenvalue weighted by Gasteiger charge is 2.33. The van der Waals surface area contributed by atoms with Crippen LogP contribution in [0.15, 0.2) is 34.1 Å². The van der Waals surface area contributed by atoms with Crippen molar-refractivity contribution in [2.24, 2.45) is 5.92 Å². The molecule has 1 aliphatic carbocycles. The lowest BCUT2D eigenvalue weighted by atomic mass is 10.0. The van der Waals surface area contributed by atoms with Crippen molar-refractivity contribution in [2.45, 2.75) is 59.1 Å². The van der Waals surface area contributed by atoms with Gasteiger partial charge in [-0.3, -0.25) is 19.3 Å². The molecule has 3 aromatic rings. The number of fused-ring (bicyclic) bond motifs is 3. The molecule has 1 fully saturated rings. The molecule has 13 heteroatoms. The summed E-state index contributed by atoms with van der Waals surface area (Å²) in [6, 6.07) is 3.81. The van der Waals surface area contributed by atoms with Gasteiger partial charge in [0.2, 0.25) is 17.2 Å². The van der Waals surface area contributed by atoms with E-state index in [1.165, 1.54) is 16.7 Å². The second kappa shape index (κ2) is 12.8. The minimum absolute atomic E-state index is 0. The summed E-state index contributed by atoms with van der Waals surface area (Å²) in [5.41, 5.74) is 2.42. The number of aromatic amines is 1. The van der Waals surface area contributed by atoms with E-state index < -0.39 is 17.6 Å². The highest BCUT2D eigenvalue weighted by atomic mass is 16.6. The van der Waals surface area contributed by atoms with E-state index in [1.807, 2.05) is 23.6 Å². The van der Waals surface area contributed by atoms with Crippen LogP contribution in [-0.4, -0.2) is 64.8 Å². The predicted octanol–water partition coefficient (Wildman–Crippen LogP) is 2.84. The Hall–Kier alpha value is -4.52. The van der Waals surface area contributed by atoms with Crippen LogP contribution in [0, 0.1) is 5.92 Å². The Labute approximate surface area is 250 Å². The van der Waals surface area contributed by atoms with Gasteiger partial charge in [0.05, 0.1) is 18.7 Å². The summed E-state index contributed by atoms with van der Waals surface area (Å²) in [7, 11) is 0. The van der Waals surface area contributed by atoms with Gasteiger partial charge in [0.1, 0.15) is 11.7 Å². The first kappa shape index (κ1) is 30.0. The van der Waals surface area contributed by atoms with Crippen LogP contribution in [0.5, 0.6) is 0 Å². The summed E-state index contributed by atoms with van der Waals surface area (Å²) in [4.78, 5) is 69.7. The van der Waals surface area contributed by atoms with Gasteiger partial charge in [-0.25, -0.2) is 14.6 Å². The smallest absolute Gasteiger partial charge is 0.415 e. The lowest BCUT2D eigenvalue weighted by molar-refractivity contribution is -0.115. The van der Waals surface area contributed by atoms with Gasteiger partial charge in [0.25, 0.3) is 5.56 Å². The molecule has 1 aliphatic heterocycles. The number of anilines is 2. The van der Waals surface area contributed by atoms with Crippen molar-refractivity contribution in [2.75, 3.05) is 36.5 Å². The van der Waals surface area contributed by atoms with Crippen LogP contribution in [0.4, 0.5) is 16.4 Å². The van der Waals surface area contributed by atoms with Crippen LogP contribution in [0.3, 0.4) is 0 Å². The minimum Gasteiger partial charge on any atom is -0.462 e. The number of amides is 2. The Morgan fingerprint density at radius 3 is 2.74 bits per heavy atom. The average Bonchev–Trinajstić information content (AvgIpc) is 3.59. The molecule has 0 saturated carbocycles. The van der Waals surface area contributed by atoms with Crippen molar-refractivity contribution in [1.82, 2.24) is 19.9 Å². The Bertz CT molecular complexity index is 1690. The topological polar surface area (TPSA) is 165 Å². The van der Waals surface area contributed by atoms with E-state index in [2.05, 4.69) is 20.6 Å². The van der Waals surface area contributed by atoms with Crippen LogP contribution in [0.2, 0.25) is 0 Å². The third-order valence-electron chi connectivity index (χ3n) is 7.86. The second-order valence-corrected chi connectivity index (χ2v) is 10.7. The van der Waals surface area contributed by atoms with E-state index in [0.717, 1.165) is 30.5 Å². The van der Waals surface area contributed by atoms with Crippen LogP contribution in [0.25, 0.3) is 10.9 Å². The zero-order valence-corrected chi connectivity index (χ0v) is 24.5. The number of nitrogens with zero attached hydrogens (tertiary/aromatic N) is 3. The summed E-state index contributed by atoms with van der Waals surface area (Å²) >= 11 is 0. The Morgan fingerprint density at radius 2 is 2.00 bits per heavy atom. The molecule has 3 heterocycles. The summed E-state index contributed by atoms with van der Waals surface area (Å²) in [5, 5.41) is 6.45. The maximum Gasteiger partial charge on any atom is 0.415 e. The number of aromatic nitrogens is 3. The fraction of sp³-hybridized carbons (Fsp3) is 0.467. The van der Waals surface area contributed by atoms with Gasteiger partial charge in [-0.2, -0.15) is 0 Å². The monoisotopic (exact) mass is 596 g/mol. The van der Waals surface area contributed by atoms with E-state index in [1.54, 1.807) is 20.0 Å². The molecule has 2 amide bonds. The van der Waals surface area contributed by atoms with Gasteiger partial charge < -0.3 is 29.7 Å². The van der Waals surface area contributed by atoms with Gasteiger partial charge >= 0.3 is 12.1 Å². The number of rotatable bonds is 11. The molecule has 232 valence electrons. The molecule has 0 bridgehead atoms. The highest BCUT2D eigenvalue weighted by Crippen LogP contribution is 2.32. The van der Waals surface area contributed by atoms with E-state index in [0.29, 0.717) is 30.8 Å². The maximum atomic E-state index is 13.2. The Kier molecular flexibility index (Phi) is 8.90. The number of carbonyl (C=O) groups excluding carboxylic acids is 3. The van der Waals surface area contributed by atoms with Crippen molar-refractivity contribution in [1.29, 1.82) is 0 Å². The van der Waals surface area contributed by atoms with Crippen molar-refractivity contribution in [3.8, 4) is 0 Å². The minimum atomic E-state index is -0.601. The Balaban J connectivity index is 0.00000276. The molecule has 2 aromatic heterocycles. The lowest BCUT2D eigenvalue weighted by Crippen LogP contribution is -2.30. The normalized spacial score (nSPS) is 17.7. The van der Waals surface area contributed by atoms with Crippen molar-refractivity contribution >= 4 is 40.5 Å². The molecule has 1 aromatic carbocycles. The number of benzene rings is 1. The summed E-state index contributed by atoms with van der Waals surface area (Å²) < 4.78 is 12.6. The number of hydrogen-bond acceptors (Lipinski definition) is 9. The molecule has 0 spiro atoms. The maximum absolute atomic E-state index is 13.2. The quantitative estimate of drug-likeness (QED) is 0.223. The molecule has 2 aliphatic rings. The number of hydrogen-bond donors (Lipinski definition) is 3. The van der Waals surface area contributed by atoms with E-state index >= 15 is 0 Å². The fourth-order valence-electron chi connectivity index (χ4n) is 5.72. The van der Waals surface area contributed by atoms with Crippen LogP contribution in [0.1, 0.15) is 58.0 Å². The zero-order valence-electron chi connectivity index (χ0n) is 24.5. The van der Waals surface area contributed by atoms with Gasteiger partial charge in [-0.05, 0) is 69.3 Å². The first-order valence-electron chi connectivity index (χ1n) is 14.7. The molecule has 0 radical (unpaired) electrons. The molecular weight excluding hydrogens is 556 g/mol. The molecule has 2 atom stereocenters. The summed E-state index contributed by atoms with van der Waals surface area (Å²) in [6.45, 7) is 7.82. The highest BCUT2D eigenvalue weighted by molar-refractivity contribution is 5.95. The van der Waals surface area contributed by atoms with Crippen molar-refractivity contribution in [3.05, 3.63) is 61.8 Å². The summed E-state index contributed by atoms with van der Waals surface area (Å²) in [5.74, 6) is -0.597. The van der Waals surface area contributed by atoms with E-state index in [9.17, 15) is 24.0 Å². The standard InChI is InChI=1S/C30H36N6O7.2H2/c1-4-24(37)34-27-28(39)32-14-23(33-27)36-15-19(43-30(36)41)9-10-31-13-17-11-18-7-8-20-25(21(18)12-17)35(5-2)16-22(26(20)38)29(40)42-6-3;;/h7-8,14,16-17,19,31H,4-6,9-13,15H2,1-3H3,(H,32,39)(H,33,34,37);2*1H. The number of ether oxygens (including phenoxy) is 2. The molecular formula is C30H40N6O7. The van der Waals surface area contributed by atoms with Crippen molar-refractivity contribution in [3.63, 3.8) is 0 Å².